The van der Waals surface area contributed by atoms with Gasteiger partial charge in [-0.1, -0.05) is 20.8 Å². The normalized spacial score (nSPS) is 23.6. The molecule has 1 heterocycles. The van der Waals surface area contributed by atoms with E-state index in [-0.39, 0.29) is 0 Å². The van der Waals surface area contributed by atoms with E-state index in [1.165, 1.54) is 6.42 Å². The van der Waals surface area contributed by atoms with Crippen molar-refractivity contribution in [2.24, 2.45) is 5.41 Å². The fraction of sp³-hybridized carbons (Fsp3) is 1.00. The van der Waals surface area contributed by atoms with Crippen molar-refractivity contribution < 1.29 is 5.11 Å². The first-order valence-corrected chi connectivity index (χ1v) is 6.86. The number of aliphatic hydroxyl groups is 1. The number of hydrogen-bond acceptors (Lipinski definition) is 3. The maximum absolute atomic E-state index is 9.91. The van der Waals surface area contributed by atoms with E-state index >= 15 is 0 Å². The Kier molecular flexibility index (Phi) is 4.99. The Morgan fingerprint density at radius 2 is 1.82 bits per heavy atom. The summed E-state index contributed by atoms with van der Waals surface area (Å²) < 4.78 is 0. The van der Waals surface area contributed by atoms with Crippen LogP contribution in [0, 0.1) is 5.41 Å². The van der Waals surface area contributed by atoms with E-state index in [0.717, 1.165) is 32.5 Å². The summed E-state index contributed by atoms with van der Waals surface area (Å²) in [4.78, 5) is 2.48. The van der Waals surface area contributed by atoms with Crippen molar-refractivity contribution in [1.82, 2.24) is 10.2 Å². The number of hydrogen-bond donors (Lipinski definition) is 2. The zero-order valence-electron chi connectivity index (χ0n) is 12.2. The van der Waals surface area contributed by atoms with Crippen LogP contribution in [0.3, 0.4) is 0 Å². The second-order valence-corrected chi connectivity index (χ2v) is 6.83. The third-order valence-corrected chi connectivity index (χ3v) is 4.06. The first kappa shape index (κ1) is 14.9. The van der Waals surface area contributed by atoms with Gasteiger partial charge in [0.25, 0.3) is 0 Å². The first-order valence-electron chi connectivity index (χ1n) is 6.86. The third-order valence-electron chi connectivity index (χ3n) is 4.06. The lowest BCUT2D eigenvalue weighted by Gasteiger charge is -2.38. The van der Waals surface area contributed by atoms with E-state index in [0.29, 0.717) is 11.5 Å². The summed E-state index contributed by atoms with van der Waals surface area (Å²) in [7, 11) is 2.05. The molecule has 0 bridgehead atoms. The van der Waals surface area contributed by atoms with Crippen molar-refractivity contribution in [2.75, 3.05) is 26.7 Å². The summed E-state index contributed by atoms with van der Waals surface area (Å²) in [6.07, 6.45) is 3.00. The molecule has 1 atom stereocenters. The highest BCUT2D eigenvalue weighted by molar-refractivity contribution is 4.84. The average Bonchev–Trinajstić information content (AvgIpc) is 2.19. The van der Waals surface area contributed by atoms with Gasteiger partial charge in [-0.15, -0.1) is 0 Å². The van der Waals surface area contributed by atoms with Crippen LogP contribution in [0.2, 0.25) is 0 Å². The van der Waals surface area contributed by atoms with Crippen molar-refractivity contribution in [2.45, 2.75) is 58.6 Å². The van der Waals surface area contributed by atoms with Crippen molar-refractivity contribution in [3.63, 3.8) is 0 Å². The van der Waals surface area contributed by atoms with Gasteiger partial charge in [0, 0.05) is 19.1 Å². The van der Waals surface area contributed by atoms with E-state index in [9.17, 15) is 5.11 Å². The van der Waals surface area contributed by atoms with Gasteiger partial charge >= 0.3 is 0 Å². The van der Waals surface area contributed by atoms with Gasteiger partial charge in [-0.25, -0.2) is 0 Å². The molecule has 0 aliphatic carbocycles. The van der Waals surface area contributed by atoms with Crippen molar-refractivity contribution in [1.29, 1.82) is 0 Å². The van der Waals surface area contributed by atoms with Crippen LogP contribution in [0.25, 0.3) is 0 Å². The molecular weight excluding hydrogens is 212 g/mol. The van der Waals surface area contributed by atoms with Crippen molar-refractivity contribution in [3.05, 3.63) is 0 Å². The molecule has 0 amide bonds. The SMILES string of the molecule is CNC(CCN1CCC(C)(O)CC1)C(C)(C)C. The zero-order valence-corrected chi connectivity index (χ0v) is 12.2. The summed E-state index contributed by atoms with van der Waals surface area (Å²) in [6.45, 7) is 12.0. The molecule has 0 saturated carbocycles. The summed E-state index contributed by atoms with van der Waals surface area (Å²) in [5.41, 5.74) is -0.112. The number of piperidine rings is 1. The van der Waals surface area contributed by atoms with Crippen LogP contribution in [0.4, 0.5) is 0 Å². The molecule has 2 N–H and O–H groups in total. The van der Waals surface area contributed by atoms with Gasteiger partial charge in [0.05, 0.1) is 5.60 Å². The van der Waals surface area contributed by atoms with E-state index in [2.05, 4.69) is 38.0 Å². The highest BCUT2D eigenvalue weighted by atomic mass is 16.3. The fourth-order valence-electron chi connectivity index (χ4n) is 2.58. The smallest absolute Gasteiger partial charge is 0.0644 e. The Balaban J connectivity index is 2.32. The van der Waals surface area contributed by atoms with Crippen LogP contribution in [-0.2, 0) is 0 Å². The number of rotatable bonds is 4. The molecule has 17 heavy (non-hydrogen) atoms. The Bertz CT molecular complexity index is 223. The first-order chi connectivity index (χ1) is 7.74. The molecule has 0 aromatic rings. The molecule has 1 aliphatic heterocycles. The molecule has 1 fully saturated rings. The quantitative estimate of drug-likeness (QED) is 0.790. The van der Waals surface area contributed by atoms with Gasteiger partial charge in [0.15, 0.2) is 0 Å². The van der Waals surface area contributed by atoms with Gasteiger partial charge in [0.1, 0.15) is 0 Å². The third kappa shape index (κ3) is 4.94. The zero-order chi connectivity index (χ0) is 13.1. The van der Waals surface area contributed by atoms with Crippen molar-refractivity contribution >= 4 is 0 Å². The van der Waals surface area contributed by atoms with E-state index in [1.807, 2.05) is 6.92 Å². The minimum atomic E-state index is -0.428. The molecular formula is C14H30N2O. The summed E-state index contributed by atoms with van der Waals surface area (Å²) in [5, 5.41) is 13.3. The summed E-state index contributed by atoms with van der Waals surface area (Å²) in [6, 6.07) is 0.560. The molecule has 0 aromatic heterocycles. The molecule has 0 aromatic carbocycles. The minimum absolute atomic E-state index is 0.316. The molecule has 1 unspecified atom stereocenters. The van der Waals surface area contributed by atoms with E-state index in [1.54, 1.807) is 0 Å². The van der Waals surface area contributed by atoms with Gasteiger partial charge < -0.3 is 15.3 Å². The molecule has 3 heteroatoms. The predicted molar refractivity (Wildman–Crippen MR) is 73.2 cm³/mol. The van der Waals surface area contributed by atoms with E-state index < -0.39 is 5.60 Å². The molecule has 3 nitrogen and oxygen atoms in total. The van der Waals surface area contributed by atoms with E-state index in [4.69, 9.17) is 0 Å². The topological polar surface area (TPSA) is 35.5 Å². The van der Waals surface area contributed by atoms with Crippen LogP contribution >= 0.6 is 0 Å². The second-order valence-electron chi connectivity index (χ2n) is 6.83. The van der Waals surface area contributed by atoms with Gasteiger partial charge in [-0.2, -0.15) is 0 Å². The number of nitrogens with zero attached hydrogens (tertiary/aromatic N) is 1. The molecule has 102 valence electrons. The van der Waals surface area contributed by atoms with Crippen LogP contribution in [0.5, 0.6) is 0 Å². The van der Waals surface area contributed by atoms with Gasteiger partial charge in [-0.3, -0.25) is 0 Å². The Morgan fingerprint density at radius 1 is 1.29 bits per heavy atom. The van der Waals surface area contributed by atoms with Crippen LogP contribution in [-0.4, -0.2) is 48.3 Å². The second kappa shape index (κ2) is 5.68. The fourth-order valence-corrected chi connectivity index (χ4v) is 2.58. The lowest BCUT2D eigenvalue weighted by Crippen LogP contribution is -2.45. The Labute approximate surface area is 107 Å². The Hall–Kier alpha value is -0.120. The molecule has 0 radical (unpaired) electrons. The average molecular weight is 242 g/mol. The monoisotopic (exact) mass is 242 g/mol. The standard InChI is InChI=1S/C14H30N2O/c1-13(2,3)12(15-5)6-9-16-10-7-14(4,17)8-11-16/h12,15,17H,6-11H2,1-5H3. The number of nitrogens with one attached hydrogen (secondary N) is 1. The maximum Gasteiger partial charge on any atom is 0.0644 e. The maximum atomic E-state index is 9.91. The molecule has 1 rings (SSSR count). The molecule has 1 saturated heterocycles. The minimum Gasteiger partial charge on any atom is -0.390 e. The van der Waals surface area contributed by atoms with Crippen molar-refractivity contribution in [3.8, 4) is 0 Å². The lowest BCUT2D eigenvalue weighted by atomic mass is 9.84. The van der Waals surface area contributed by atoms with Crippen LogP contribution in [0.1, 0.15) is 47.0 Å². The summed E-state index contributed by atoms with van der Waals surface area (Å²) in [5.74, 6) is 0. The van der Waals surface area contributed by atoms with Crippen LogP contribution < -0.4 is 5.32 Å². The lowest BCUT2D eigenvalue weighted by molar-refractivity contribution is -0.00670. The Morgan fingerprint density at radius 3 is 2.24 bits per heavy atom. The number of likely N-dealkylation sites (tertiary alicyclic amines) is 1. The highest BCUT2D eigenvalue weighted by Crippen LogP contribution is 2.24. The summed E-state index contributed by atoms with van der Waals surface area (Å²) >= 11 is 0. The predicted octanol–water partition coefficient (Wildman–Crippen LogP) is 1.86. The molecule has 0 spiro atoms. The largest absolute Gasteiger partial charge is 0.390 e. The van der Waals surface area contributed by atoms with Gasteiger partial charge in [0.2, 0.25) is 0 Å². The van der Waals surface area contributed by atoms with Crippen LogP contribution in [0.15, 0.2) is 0 Å². The highest BCUT2D eigenvalue weighted by Gasteiger charge is 2.28. The molecule has 1 aliphatic rings. The van der Waals surface area contributed by atoms with Gasteiger partial charge in [-0.05, 0) is 45.2 Å².